The van der Waals surface area contributed by atoms with E-state index in [-0.39, 0.29) is 22.6 Å². The van der Waals surface area contributed by atoms with Crippen LogP contribution in [0.25, 0.3) is 11.1 Å². The number of halogens is 14. The van der Waals surface area contributed by atoms with Crippen molar-refractivity contribution in [3.63, 3.8) is 0 Å². The lowest BCUT2D eigenvalue weighted by Crippen LogP contribution is -2.71. The quantitative estimate of drug-likeness (QED) is 0.105. The molecule has 0 fully saturated rings. The number of methoxy groups -OCH3 is 1. The van der Waals surface area contributed by atoms with Crippen LogP contribution in [0.4, 0.5) is 52.7 Å². The monoisotopic (exact) mass is 878 g/mol. The maximum atomic E-state index is 15.2. The fourth-order valence-electron chi connectivity index (χ4n) is 4.77. The predicted molar refractivity (Wildman–Crippen MR) is 172 cm³/mol. The molecule has 0 aliphatic heterocycles. The van der Waals surface area contributed by atoms with E-state index in [4.69, 9.17) is 37.2 Å². The standard InChI is InChI=1S/C32H20Cl2F12O7S2/c1-16-3-8-21(15-22(16)27(35,36)28(37,38)29(39,40)30(41,42)31(43,44)32(45,46)55(49,50)51)54(47,48)20-9-6-19(7-10-20)53-26-12-5-18(14-24(26)34)17-4-11-25(52-2)23(33)13-17/h3-15H,1-2H3,(H,49,50,51). The third kappa shape index (κ3) is 7.17. The summed E-state index contributed by atoms with van der Waals surface area (Å²) in [6.45, 7) is 0.461. The van der Waals surface area contributed by atoms with Crippen LogP contribution in [0.1, 0.15) is 11.1 Å². The Morgan fingerprint density at radius 3 is 1.49 bits per heavy atom. The summed E-state index contributed by atoms with van der Waals surface area (Å²) in [7, 11) is -11.4. The molecule has 0 spiro atoms. The first-order valence-corrected chi connectivity index (χ1v) is 18.1. The van der Waals surface area contributed by atoms with Crippen LogP contribution in [-0.4, -0.2) is 57.4 Å². The van der Waals surface area contributed by atoms with Crippen LogP contribution >= 0.6 is 23.2 Å². The van der Waals surface area contributed by atoms with Crippen molar-refractivity contribution in [3.05, 3.63) is 100 Å². The molecule has 0 aliphatic rings. The highest BCUT2D eigenvalue weighted by molar-refractivity contribution is 7.91. The highest BCUT2D eigenvalue weighted by atomic mass is 35.5. The van der Waals surface area contributed by atoms with E-state index in [1.165, 1.54) is 19.2 Å². The van der Waals surface area contributed by atoms with E-state index in [2.05, 4.69) is 0 Å². The summed E-state index contributed by atoms with van der Waals surface area (Å²) in [5.41, 5.74) is -2.44. The van der Waals surface area contributed by atoms with Crippen molar-refractivity contribution in [2.24, 2.45) is 0 Å². The highest BCUT2D eigenvalue weighted by Gasteiger charge is 2.92. The van der Waals surface area contributed by atoms with Crippen LogP contribution in [0.3, 0.4) is 0 Å². The Balaban J connectivity index is 1.65. The number of hydrogen-bond donors (Lipinski definition) is 1. The molecular weight excluding hydrogens is 859 g/mol. The Morgan fingerprint density at radius 1 is 0.582 bits per heavy atom. The molecule has 4 aromatic carbocycles. The van der Waals surface area contributed by atoms with Gasteiger partial charge in [0.25, 0.3) is 0 Å². The molecule has 0 amide bonds. The fourth-order valence-corrected chi connectivity index (χ4v) is 6.99. The second-order valence-electron chi connectivity index (χ2n) is 11.4. The van der Waals surface area contributed by atoms with Crippen molar-refractivity contribution in [2.45, 2.75) is 51.6 Å². The van der Waals surface area contributed by atoms with Gasteiger partial charge in [-0.15, -0.1) is 0 Å². The van der Waals surface area contributed by atoms with Gasteiger partial charge in [0, 0.05) is 5.56 Å². The van der Waals surface area contributed by atoms with Gasteiger partial charge in [0.1, 0.15) is 17.2 Å². The predicted octanol–water partition coefficient (Wildman–Crippen LogP) is 10.7. The van der Waals surface area contributed by atoms with Crippen molar-refractivity contribution in [3.8, 4) is 28.4 Å². The van der Waals surface area contributed by atoms with Crippen molar-refractivity contribution in [1.29, 1.82) is 0 Å². The van der Waals surface area contributed by atoms with Crippen LogP contribution < -0.4 is 9.47 Å². The third-order valence-corrected chi connectivity index (χ3v) is 11.2. The summed E-state index contributed by atoms with van der Waals surface area (Å²) < 4.78 is 238. The van der Waals surface area contributed by atoms with Crippen molar-refractivity contribution >= 4 is 43.2 Å². The number of aryl methyl sites for hydroxylation is 1. The van der Waals surface area contributed by atoms with Gasteiger partial charge in [-0.1, -0.05) is 41.4 Å². The first kappa shape index (κ1) is 43.8. The minimum absolute atomic E-state index is 0.0498. The van der Waals surface area contributed by atoms with Crippen LogP contribution in [0.15, 0.2) is 88.7 Å². The summed E-state index contributed by atoms with van der Waals surface area (Å²) in [4.78, 5) is -2.13. The molecule has 23 heteroatoms. The summed E-state index contributed by atoms with van der Waals surface area (Å²) >= 11 is 12.5. The van der Waals surface area contributed by atoms with E-state index in [0.29, 0.717) is 41.0 Å². The Morgan fingerprint density at radius 2 is 1.04 bits per heavy atom. The zero-order valence-corrected chi connectivity index (χ0v) is 30.2. The Kier molecular flexibility index (Phi) is 11.3. The Hall–Kier alpha value is -3.92. The van der Waals surface area contributed by atoms with Gasteiger partial charge in [-0.05, 0) is 84.3 Å². The van der Waals surface area contributed by atoms with E-state index >= 15 is 8.78 Å². The lowest BCUT2D eigenvalue weighted by Gasteiger charge is -2.40. The molecule has 55 heavy (non-hydrogen) atoms. The minimum Gasteiger partial charge on any atom is -0.495 e. The van der Waals surface area contributed by atoms with E-state index in [0.717, 1.165) is 24.3 Å². The lowest BCUT2D eigenvalue weighted by molar-refractivity contribution is -0.419. The first-order valence-electron chi connectivity index (χ1n) is 14.4. The van der Waals surface area contributed by atoms with E-state index in [1.807, 2.05) is 0 Å². The number of hydrogen-bond acceptors (Lipinski definition) is 6. The number of benzene rings is 4. The smallest absolute Gasteiger partial charge is 0.438 e. The van der Waals surface area contributed by atoms with E-state index in [9.17, 15) is 60.7 Å². The van der Waals surface area contributed by atoms with Crippen LogP contribution in [0.2, 0.25) is 10.0 Å². The topological polar surface area (TPSA) is 107 Å². The van der Waals surface area contributed by atoms with Crippen molar-refractivity contribution in [2.75, 3.05) is 7.11 Å². The van der Waals surface area contributed by atoms with Crippen molar-refractivity contribution < 1.29 is 83.5 Å². The number of ether oxygens (including phenoxy) is 2. The second-order valence-corrected chi connectivity index (χ2v) is 15.6. The normalized spacial score (nSPS) is 13.8. The molecule has 0 atom stereocenters. The van der Waals surface area contributed by atoms with E-state index in [1.54, 1.807) is 24.3 Å². The molecule has 7 nitrogen and oxygen atoms in total. The summed E-state index contributed by atoms with van der Waals surface area (Å²) in [6, 6.07) is 13.5. The SMILES string of the molecule is COc1ccc(-c2ccc(Oc3ccc(S(=O)(=O)c4ccc(C)c(C(F)(F)C(F)(F)C(F)(F)C(F)(F)C(F)(F)C(F)(F)S(=O)(=O)O)c4)cc3)c(Cl)c2)cc1Cl. The van der Waals surface area contributed by atoms with Gasteiger partial charge in [0.2, 0.25) is 9.84 Å². The Labute approximate surface area is 313 Å². The zero-order chi connectivity index (χ0) is 42.0. The maximum absolute atomic E-state index is 15.2. The molecule has 0 unspecified atom stereocenters. The van der Waals surface area contributed by atoms with Crippen LogP contribution in [-0.2, 0) is 25.9 Å². The largest absolute Gasteiger partial charge is 0.495 e. The van der Waals surface area contributed by atoms with Gasteiger partial charge in [-0.2, -0.15) is 61.1 Å². The maximum Gasteiger partial charge on any atom is 0.438 e. The number of rotatable bonds is 13. The van der Waals surface area contributed by atoms with Gasteiger partial charge in [-0.3, -0.25) is 4.55 Å². The third-order valence-electron chi connectivity index (χ3n) is 7.90. The molecule has 0 saturated carbocycles. The van der Waals surface area contributed by atoms with Crippen LogP contribution in [0, 0.1) is 6.92 Å². The molecule has 4 aromatic rings. The highest BCUT2D eigenvalue weighted by Crippen LogP contribution is 2.62. The van der Waals surface area contributed by atoms with Crippen LogP contribution in [0.5, 0.6) is 17.2 Å². The molecule has 0 bridgehead atoms. The van der Waals surface area contributed by atoms with E-state index < -0.39 is 75.7 Å². The van der Waals surface area contributed by atoms with Crippen molar-refractivity contribution in [1.82, 2.24) is 0 Å². The molecule has 300 valence electrons. The summed E-state index contributed by atoms with van der Waals surface area (Å²) in [5.74, 6) is -38.8. The minimum atomic E-state index is -8.31. The number of sulfone groups is 1. The molecule has 0 radical (unpaired) electrons. The molecular formula is C32H20Cl2F12O7S2. The summed E-state index contributed by atoms with van der Waals surface area (Å²) in [5, 5.41) is -7.24. The molecule has 0 aromatic heterocycles. The first-order chi connectivity index (χ1) is 24.9. The molecule has 4 rings (SSSR count). The van der Waals surface area contributed by atoms with Gasteiger partial charge >= 0.3 is 45.0 Å². The van der Waals surface area contributed by atoms with Gasteiger partial charge in [-0.25, -0.2) is 8.42 Å². The molecule has 0 heterocycles. The number of alkyl halides is 12. The average molecular weight is 880 g/mol. The molecule has 1 N–H and O–H groups in total. The molecule has 0 aliphatic carbocycles. The zero-order valence-electron chi connectivity index (χ0n) is 27.0. The second kappa shape index (κ2) is 14.2. The average Bonchev–Trinajstić information content (AvgIpc) is 3.08. The Bertz CT molecular complexity index is 2340. The van der Waals surface area contributed by atoms with Gasteiger partial charge < -0.3 is 9.47 Å². The lowest BCUT2D eigenvalue weighted by atomic mass is 9.89. The summed E-state index contributed by atoms with van der Waals surface area (Å²) in [6.07, 6.45) is 0. The fraction of sp³-hybridized carbons (Fsp3) is 0.250. The molecule has 0 saturated heterocycles. The van der Waals surface area contributed by atoms with Gasteiger partial charge in [0.15, 0.2) is 0 Å². The van der Waals surface area contributed by atoms with Gasteiger partial charge in [0.05, 0.1) is 26.9 Å².